The van der Waals surface area contributed by atoms with Crippen LogP contribution in [0.4, 0.5) is 0 Å². The number of nitrogens with two attached hydrogens (primary N) is 1. The lowest BCUT2D eigenvalue weighted by Gasteiger charge is -2.28. The van der Waals surface area contributed by atoms with Crippen LogP contribution in [0.15, 0.2) is 24.3 Å². The van der Waals surface area contributed by atoms with Crippen LogP contribution >= 0.6 is 0 Å². The first-order valence-corrected chi connectivity index (χ1v) is 6.98. The molecule has 0 spiro atoms. The van der Waals surface area contributed by atoms with Gasteiger partial charge in [0.2, 0.25) is 5.91 Å². The Labute approximate surface area is 115 Å². The summed E-state index contributed by atoms with van der Waals surface area (Å²) in [6, 6.07) is 8.84. The van der Waals surface area contributed by atoms with Crippen molar-refractivity contribution in [2.45, 2.75) is 25.8 Å². The van der Waals surface area contributed by atoms with Crippen molar-refractivity contribution in [1.29, 1.82) is 0 Å². The van der Waals surface area contributed by atoms with Crippen LogP contribution in [-0.4, -0.2) is 37.0 Å². The topological polar surface area (TPSA) is 58.4 Å². The van der Waals surface area contributed by atoms with Crippen LogP contribution < -0.4 is 11.1 Å². The maximum Gasteiger partial charge on any atom is 0.233 e. The highest BCUT2D eigenvalue weighted by atomic mass is 16.1. The first-order valence-electron chi connectivity index (χ1n) is 6.98. The molecule has 1 aromatic rings. The molecule has 2 rings (SSSR count). The monoisotopic (exact) mass is 261 g/mol. The van der Waals surface area contributed by atoms with Crippen molar-refractivity contribution in [1.82, 2.24) is 10.2 Å². The van der Waals surface area contributed by atoms with E-state index in [1.54, 1.807) is 0 Å². The Morgan fingerprint density at radius 2 is 1.95 bits per heavy atom. The average Bonchev–Trinajstić information content (AvgIpc) is 2.94. The normalized spacial score (nSPS) is 17.4. The molecule has 1 amide bonds. The quantitative estimate of drug-likeness (QED) is 0.837. The van der Waals surface area contributed by atoms with Gasteiger partial charge in [0.05, 0.1) is 12.6 Å². The number of rotatable bonds is 5. The van der Waals surface area contributed by atoms with Crippen molar-refractivity contribution >= 4 is 5.91 Å². The summed E-state index contributed by atoms with van der Waals surface area (Å²) in [7, 11) is 0. The number of nitrogens with one attached hydrogen (secondary N) is 1. The summed E-state index contributed by atoms with van der Waals surface area (Å²) in [6.07, 6.45) is 2.49. The molecule has 1 saturated heterocycles. The first kappa shape index (κ1) is 14.0. The minimum atomic E-state index is -0.0868. The van der Waals surface area contributed by atoms with E-state index in [-0.39, 0.29) is 18.5 Å². The maximum atomic E-state index is 11.4. The first-order chi connectivity index (χ1) is 9.20. The molecule has 4 nitrogen and oxygen atoms in total. The number of likely N-dealkylation sites (tertiary alicyclic amines) is 1. The molecule has 3 N–H and O–H groups in total. The largest absolute Gasteiger partial charge is 0.353 e. The zero-order chi connectivity index (χ0) is 13.7. The highest BCUT2D eigenvalue weighted by molar-refractivity contribution is 5.77. The second-order valence-electron chi connectivity index (χ2n) is 5.18. The fraction of sp³-hybridized carbons (Fsp3) is 0.533. The Balaban J connectivity index is 2.08. The van der Waals surface area contributed by atoms with Gasteiger partial charge in [-0.1, -0.05) is 29.8 Å². The number of nitrogens with zero attached hydrogens (tertiary/aromatic N) is 1. The highest BCUT2D eigenvalue weighted by Gasteiger charge is 2.23. The predicted octanol–water partition coefficient (Wildman–Crippen LogP) is 1.21. The Morgan fingerprint density at radius 3 is 2.53 bits per heavy atom. The van der Waals surface area contributed by atoms with Gasteiger partial charge in [0.25, 0.3) is 0 Å². The molecule has 0 bridgehead atoms. The van der Waals surface area contributed by atoms with Gasteiger partial charge < -0.3 is 11.1 Å². The summed E-state index contributed by atoms with van der Waals surface area (Å²) in [5, 5.41) is 2.92. The fourth-order valence-corrected chi connectivity index (χ4v) is 2.58. The van der Waals surface area contributed by atoms with Gasteiger partial charge in [-0.15, -0.1) is 0 Å². The zero-order valence-corrected chi connectivity index (χ0v) is 11.6. The third kappa shape index (κ3) is 3.78. The minimum Gasteiger partial charge on any atom is -0.353 e. The lowest BCUT2D eigenvalue weighted by molar-refractivity contribution is -0.119. The Hall–Kier alpha value is -1.39. The summed E-state index contributed by atoms with van der Waals surface area (Å²) in [6.45, 7) is 5.00. The van der Waals surface area contributed by atoms with Gasteiger partial charge in [-0.2, -0.15) is 0 Å². The minimum absolute atomic E-state index is 0.0562. The third-order valence-electron chi connectivity index (χ3n) is 3.72. The van der Waals surface area contributed by atoms with E-state index in [4.69, 9.17) is 5.73 Å². The van der Waals surface area contributed by atoms with Crippen molar-refractivity contribution in [3.63, 3.8) is 0 Å². The third-order valence-corrected chi connectivity index (χ3v) is 3.72. The fourth-order valence-electron chi connectivity index (χ4n) is 2.58. The van der Waals surface area contributed by atoms with Crippen molar-refractivity contribution in [3.05, 3.63) is 35.4 Å². The van der Waals surface area contributed by atoms with Gasteiger partial charge >= 0.3 is 0 Å². The summed E-state index contributed by atoms with van der Waals surface area (Å²) in [5.41, 5.74) is 7.87. The van der Waals surface area contributed by atoms with E-state index in [9.17, 15) is 4.79 Å². The number of hydrogen-bond acceptors (Lipinski definition) is 3. The Kier molecular flexibility index (Phi) is 4.93. The highest BCUT2D eigenvalue weighted by Crippen LogP contribution is 2.24. The molecule has 1 atom stereocenters. The van der Waals surface area contributed by atoms with Crippen molar-refractivity contribution in [2.24, 2.45) is 5.73 Å². The second-order valence-corrected chi connectivity index (χ2v) is 5.18. The van der Waals surface area contributed by atoms with Crippen LogP contribution in [0.25, 0.3) is 0 Å². The molecule has 1 unspecified atom stereocenters. The standard InChI is InChI=1S/C15H23N3O/c1-12-4-6-13(7-5-12)14(11-17-15(19)10-16)18-8-2-3-9-18/h4-7,14H,2-3,8-11,16H2,1H3,(H,17,19). The van der Waals surface area contributed by atoms with Gasteiger partial charge in [0, 0.05) is 6.54 Å². The Morgan fingerprint density at radius 1 is 1.32 bits per heavy atom. The molecule has 1 heterocycles. The molecule has 1 aliphatic rings. The van der Waals surface area contributed by atoms with E-state index in [2.05, 4.69) is 41.4 Å². The smallest absolute Gasteiger partial charge is 0.233 e. The van der Waals surface area contributed by atoms with E-state index in [1.165, 1.54) is 24.0 Å². The summed E-state index contributed by atoms with van der Waals surface area (Å²) in [4.78, 5) is 13.8. The summed E-state index contributed by atoms with van der Waals surface area (Å²) >= 11 is 0. The van der Waals surface area contributed by atoms with Crippen molar-refractivity contribution < 1.29 is 4.79 Å². The molecule has 0 aliphatic carbocycles. The van der Waals surface area contributed by atoms with E-state index >= 15 is 0 Å². The van der Waals surface area contributed by atoms with Gasteiger partial charge in [-0.3, -0.25) is 9.69 Å². The molecule has 4 heteroatoms. The van der Waals surface area contributed by atoms with Crippen LogP contribution in [0.3, 0.4) is 0 Å². The lowest BCUT2D eigenvalue weighted by atomic mass is 10.0. The number of benzene rings is 1. The predicted molar refractivity (Wildman–Crippen MR) is 76.8 cm³/mol. The molecule has 1 fully saturated rings. The van der Waals surface area contributed by atoms with Gasteiger partial charge in [0.15, 0.2) is 0 Å². The molecule has 0 aromatic heterocycles. The average molecular weight is 261 g/mol. The number of hydrogen-bond donors (Lipinski definition) is 2. The molecule has 104 valence electrons. The van der Waals surface area contributed by atoms with E-state index in [0.29, 0.717) is 6.54 Å². The van der Waals surface area contributed by atoms with E-state index in [1.807, 2.05) is 0 Å². The van der Waals surface area contributed by atoms with Crippen LogP contribution in [0.2, 0.25) is 0 Å². The Bertz CT molecular complexity index is 410. The van der Waals surface area contributed by atoms with Crippen LogP contribution in [0.5, 0.6) is 0 Å². The summed E-state index contributed by atoms with van der Waals surface area (Å²) in [5.74, 6) is -0.0868. The second kappa shape index (κ2) is 6.68. The van der Waals surface area contributed by atoms with Gasteiger partial charge in [-0.25, -0.2) is 0 Å². The zero-order valence-electron chi connectivity index (χ0n) is 11.6. The van der Waals surface area contributed by atoms with E-state index in [0.717, 1.165) is 13.1 Å². The van der Waals surface area contributed by atoms with Gasteiger partial charge in [0.1, 0.15) is 0 Å². The molecule has 1 aliphatic heterocycles. The maximum absolute atomic E-state index is 11.4. The molecule has 0 saturated carbocycles. The molecule has 19 heavy (non-hydrogen) atoms. The van der Waals surface area contributed by atoms with Crippen molar-refractivity contribution in [2.75, 3.05) is 26.2 Å². The SMILES string of the molecule is Cc1ccc(C(CNC(=O)CN)N2CCCC2)cc1. The molecule has 0 radical (unpaired) electrons. The van der Waals surface area contributed by atoms with Crippen molar-refractivity contribution in [3.8, 4) is 0 Å². The number of carbonyl (C=O) groups is 1. The number of amides is 1. The van der Waals surface area contributed by atoms with Gasteiger partial charge in [-0.05, 0) is 38.4 Å². The molecule has 1 aromatic carbocycles. The summed E-state index contributed by atoms with van der Waals surface area (Å²) < 4.78 is 0. The van der Waals surface area contributed by atoms with Crippen LogP contribution in [0, 0.1) is 6.92 Å². The molecular formula is C15H23N3O. The van der Waals surface area contributed by atoms with E-state index < -0.39 is 0 Å². The van der Waals surface area contributed by atoms with Crippen LogP contribution in [-0.2, 0) is 4.79 Å². The number of carbonyl (C=O) groups excluding carboxylic acids is 1. The molecular weight excluding hydrogens is 238 g/mol. The lowest BCUT2D eigenvalue weighted by Crippen LogP contribution is -2.39. The number of aryl methyl sites for hydroxylation is 1. The van der Waals surface area contributed by atoms with Crippen LogP contribution in [0.1, 0.15) is 30.0 Å².